The molecule has 0 saturated heterocycles. The van der Waals surface area contributed by atoms with Gasteiger partial charge in [-0.15, -0.1) is 0 Å². The molecule has 0 unspecified atom stereocenters. The number of allylic oxidation sites excluding steroid dienone is 12. The minimum absolute atomic E-state index is 0.307. The molecule has 0 aliphatic rings. The summed E-state index contributed by atoms with van der Waals surface area (Å²) in [6, 6.07) is 0. The van der Waals surface area contributed by atoms with E-state index in [1.54, 1.807) is 0 Å². The van der Waals surface area contributed by atoms with Crippen LogP contribution in [0, 0.1) is 0 Å². The van der Waals surface area contributed by atoms with Crippen molar-refractivity contribution in [2.24, 2.45) is 0 Å². The van der Waals surface area contributed by atoms with E-state index in [4.69, 9.17) is 10.2 Å². The average molecular weight is 555 g/mol. The minimum atomic E-state index is -0.681. The molecule has 0 radical (unpaired) electrons. The fraction of sp³-hybridized carbons (Fsp3) is 0.611. The lowest BCUT2D eigenvalue weighted by Gasteiger charge is -1.98. The van der Waals surface area contributed by atoms with Crippen molar-refractivity contribution in [3.63, 3.8) is 0 Å². The number of rotatable bonds is 29. The second kappa shape index (κ2) is 32.6. The summed E-state index contributed by atoms with van der Waals surface area (Å²) >= 11 is 0. The van der Waals surface area contributed by atoms with E-state index < -0.39 is 11.9 Å². The topological polar surface area (TPSA) is 74.6 Å². The van der Waals surface area contributed by atoms with Gasteiger partial charge in [-0.2, -0.15) is 0 Å². The predicted octanol–water partition coefficient (Wildman–Crippen LogP) is 11.1. The molecule has 226 valence electrons. The number of hydrogen-bond donors (Lipinski definition) is 2. The molecule has 0 aliphatic carbocycles. The van der Waals surface area contributed by atoms with Gasteiger partial charge in [0.25, 0.3) is 0 Å². The van der Waals surface area contributed by atoms with Gasteiger partial charge in [0.05, 0.1) is 0 Å². The van der Waals surface area contributed by atoms with Gasteiger partial charge in [0.15, 0.2) is 0 Å². The molecular formula is C36H58O4. The first-order chi connectivity index (χ1) is 19.6. The van der Waals surface area contributed by atoms with Crippen molar-refractivity contribution >= 4 is 11.9 Å². The largest absolute Gasteiger partial charge is 0.481 e. The Morgan fingerprint density at radius 1 is 0.325 bits per heavy atom. The summed E-state index contributed by atoms with van der Waals surface area (Å²) < 4.78 is 0. The predicted molar refractivity (Wildman–Crippen MR) is 172 cm³/mol. The Morgan fingerprint density at radius 3 is 0.850 bits per heavy atom. The molecule has 0 amide bonds. The van der Waals surface area contributed by atoms with E-state index in [0.29, 0.717) is 12.8 Å². The lowest BCUT2D eigenvalue weighted by molar-refractivity contribution is -0.138. The summed E-state index contributed by atoms with van der Waals surface area (Å²) in [5, 5.41) is 17.2. The van der Waals surface area contributed by atoms with Crippen molar-refractivity contribution in [2.75, 3.05) is 0 Å². The van der Waals surface area contributed by atoms with E-state index >= 15 is 0 Å². The second-order valence-corrected chi connectivity index (χ2v) is 10.5. The van der Waals surface area contributed by atoms with Crippen molar-refractivity contribution < 1.29 is 19.8 Å². The first-order valence-corrected chi connectivity index (χ1v) is 16.0. The highest BCUT2D eigenvalue weighted by Crippen LogP contribution is 2.09. The SMILES string of the molecule is O=C(O)CCCCCCC/C=C\C/C=C\C/C=C\CCCC/C=C\C/C=C\C/C=C\CCCCCCCC(=O)O. The molecular weight excluding hydrogens is 496 g/mol. The van der Waals surface area contributed by atoms with Crippen LogP contribution in [-0.2, 0) is 9.59 Å². The lowest BCUT2D eigenvalue weighted by Crippen LogP contribution is -1.93. The first kappa shape index (κ1) is 37.4. The van der Waals surface area contributed by atoms with Crippen molar-refractivity contribution in [2.45, 2.75) is 141 Å². The van der Waals surface area contributed by atoms with E-state index in [1.807, 2.05) is 0 Å². The molecule has 4 heteroatoms. The third-order valence-electron chi connectivity index (χ3n) is 6.60. The van der Waals surface area contributed by atoms with Crippen LogP contribution < -0.4 is 0 Å². The van der Waals surface area contributed by atoms with Crippen molar-refractivity contribution in [1.29, 1.82) is 0 Å². The highest BCUT2D eigenvalue weighted by atomic mass is 16.4. The molecule has 40 heavy (non-hydrogen) atoms. The fourth-order valence-corrected chi connectivity index (χ4v) is 4.22. The molecule has 2 N–H and O–H groups in total. The number of unbranched alkanes of at least 4 members (excludes halogenated alkanes) is 13. The summed E-state index contributed by atoms with van der Waals surface area (Å²) in [6.45, 7) is 0. The van der Waals surface area contributed by atoms with E-state index in [9.17, 15) is 9.59 Å². The molecule has 4 nitrogen and oxygen atoms in total. The van der Waals surface area contributed by atoms with Crippen LogP contribution in [0.25, 0.3) is 0 Å². The molecule has 0 aromatic carbocycles. The Balaban J connectivity index is 3.40. The second-order valence-electron chi connectivity index (χ2n) is 10.5. The zero-order valence-electron chi connectivity index (χ0n) is 25.2. The van der Waals surface area contributed by atoms with Crippen LogP contribution in [0.4, 0.5) is 0 Å². The van der Waals surface area contributed by atoms with Crippen molar-refractivity contribution in [3.05, 3.63) is 72.9 Å². The van der Waals surface area contributed by atoms with E-state index in [0.717, 1.165) is 89.9 Å². The van der Waals surface area contributed by atoms with Crippen LogP contribution in [0.1, 0.15) is 141 Å². The van der Waals surface area contributed by atoms with Gasteiger partial charge in [-0.25, -0.2) is 0 Å². The van der Waals surface area contributed by atoms with Crippen LogP contribution in [0.5, 0.6) is 0 Å². The molecule has 0 heterocycles. The third-order valence-corrected chi connectivity index (χ3v) is 6.60. The summed E-state index contributed by atoms with van der Waals surface area (Å²) in [4.78, 5) is 20.9. The molecule has 0 fully saturated rings. The van der Waals surface area contributed by atoms with Gasteiger partial charge in [0, 0.05) is 12.8 Å². The maximum absolute atomic E-state index is 10.4. The van der Waals surface area contributed by atoms with Crippen molar-refractivity contribution in [3.8, 4) is 0 Å². The Bertz CT molecular complexity index is 691. The molecule has 0 aromatic rings. The fourth-order valence-electron chi connectivity index (χ4n) is 4.22. The molecule has 0 spiro atoms. The smallest absolute Gasteiger partial charge is 0.303 e. The summed E-state index contributed by atoms with van der Waals surface area (Å²) in [7, 11) is 0. The van der Waals surface area contributed by atoms with E-state index in [2.05, 4.69) is 72.9 Å². The molecule has 0 bridgehead atoms. The van der Waals surface area contributed by atoms with Gasteiger partial charge in [-0.1, -0.05) is 111 Å². The Hall–Kier alpha value is -2.62. The van der Waals surface area contributed by atoms with Crippen LogP contribution >= 0.6 is 0 Å². The highest BCUT2D eigenvalue weighted by Gasteiger charge is 1.96. The summed E-state index contributed by atoms with van der Waals surface area (Å²) in [5.41, 5.74) is 0. The van der Waals surface area contributed by atoms with Crippen LogP contribution in [-0.4, -0.2) is 22.2 Å². The lowest BCUT2D eigenvalue weighted by atomic mass is 10.1. The van der Waals surface area contributed by atoms with Crippen LogP contribution in [0.3, 0.4) is 0 Å². The molecule has 0 rings (SSSR count). The Labute approximate surface area is 245 Å². The van der Waals surface area contributed by atoms with Gasteiger partial charge in [-0.3, -0.25) is 9.59 Å². The van der Waals surface area contributed by atoms with Gasteiger partial charge in [0.1, 0.15) is 0 Å². The number of carboxylic acid groups (broad SMARTS) is 2. The maximum atomic E-state index is 10.4. The zero-order valence-corrected chi connectivity index (χ0v) is 25.2. The number of hydrogen-bond acceptors (Lipinski definition) is 2. The maximum Gasteiger partial charge on any atom is 0.303 e. The molecule has 0 saturated carbocycles. The van der Waals surface area contributed by atoms with Gasteiger partial charge in [0.2, 0.25) is 0 Å². The first-order valence-electron chi connectivity index (χ1n) is 16.0. The average Bonchev–Trinajstić information content (AvgIpc) is 2.93. The molecule has 0 aromatic heterocycles. The standard InChI is InChI=1S/C36H58O4/c37-35(38)33-31-29-27-25-23-21-19-17-15-13-11-9-7-5-3-1-2-4-6-8-10-12-14-16-18-20-22-24-26-28-30-32-34-36(39)40/h5-8,11-14,17-20H,1-4,9-10,15-16,21-34H2,(H,37,38)(H,39,40)/b7-5-,8-6-,13-11-,14-12-,19-17-,20-18-. The molecule has 0 atom stereocenters. The van der Waals surface area contributed by atoms with E-state index in [-0.39, 0.29) is 0 Å². The van der Waals surface area contributed by atoms with E-state index in [1.165, 1.54) is 38.5 Å². The molecule has 0 aliphatic heterocycles. The number of carboxylic acids is 2. The van der Waals surface area contributed by atoms with Gasteiger partial charge < -0.3 is 10.2 Å². The summed E-state index contributed by atoms with van der Waals surface area (Å²) in [6.07, 6.45) is 49.6. The Kier molecular flexibility index (Phi) is 30.5. The zero-order chi connectivity index (χ0) is 29.2. The van der Waals surface area contributed by atoms with Crippen molar-refractivity contribution in [1.82, 2.24) is 0 Å². The number of carbonyl (C=O) groups is 2. The third kappa shape index (κ3) is 35.4. The minimum Gasteiger partial charge on any atom is -0.481 e. The van der Waals surface area contributed by atoms with Crippen LogP contribution in [0.15, 0.2) is 72.9 Å². The Morgan fingerprint density at radius 2 is 0.550 bits per heavy atom. The monoisotopic (exact) mass is 554 g/mol. The van der Waals surface area contributed by atoms with Gasteiger partial charge in [-0.05, 0) is 89.9 Å². The normalized spacial score (nSPS) is 12.5. The summed E-state index contributed by atoms with van der Waals surface area (Å²) in [5.74, 6) is -1.36. The van der Waals surface area contributed by atoms with Crippen LogP contribution in [0.2, 0.25) is 0 Å². The quantitative estimate of drug-likeness (QED) is 0.0712. The number of aliphatic carboxylic acids is 2. The van der Waals surface area contributed by atoms with Gasteiger partial charge >= 0.3 is 11.9 Å². The highest BCUT2D eigenvalue weighted by molar-refractivity contribution is 5.66.